The minimum Gasteiger partial charge on any atom is -0.460 e. The summed E-state index contributed by atoms with van der Waals surface area (Å²) in [6.07, 6.45) is -1.07. The quantitative estimate of drug-likeness (QED) is 0.424. The van der Waals surface area contributed by atoms with E-state index in [0.717, 1.165) is 5.56 Å². The van der Waals surface area contributed by atoms with Crippen molar-refractivity contribution >= 4 is 23.7 Å². The Bertz CT molecular complexity index is 1330. The molecule has 1 atom stereocenters. The van der Waals surface area contributed by atoms with Gasteiger partial charge in [0.25, 0.3) is 5.91 Å². The molecule has 11 heteroatoms. The lowest BCUT2D eigenvalue weighted by molar-refractivity contribution is -0.155. The van der Waals surface area contributed by atoms with Crippen LogP contribution in [0.4, 0.5) is 10.5 Å². The van der Waals surface area contributed by atoms with Gasteiger partial charge in [-0.25, -0.2) is 9.59 Å². The number of aromatic nitrogens is 2. The lowest BCUT2D eigenvalue weighted by Gasteiger charge is -2.26. The van der Waals surface area contributed by atoms with Crippen molar-refractivity contribution in [1.82, 2.24) is 15.0 Å². The molecule has 1 N–H and O–H groups in total. The van der Waals surface area contributed by atoms with Crippen LogP contribution in [0, 0.1) is 0 Å². The Morgan fingerprint density at radius 3 is 2.42 bits per heavy atom. The number of hydrogen-bond donors (Lipinski definition) is 1. The summed E-state index contributed by atoms with van der Waals surface area (Å²) in [6.45, 7) is 5.86. The number of H-pyrrole nitrogens is 1. The van der Waals surface area contributed by atoms with Gasteiger partial charge in [0.05, 0.1) is 13.0 Å². The predicted octanol–water partition coefficient (Wildman–Crippen LogP) is 3.16. The van der Waals surface area contributed by atoms with E-state index in [2.05, 4.69) is 14.7 Å². The number of aromatic amines is 1. The monoisotopic (exact) mass is 522 g/mol. The van der Waals surface area contributed by atoms with Gasteiger partial charge in [0.15, 0.2) is 11.9 Å². The first-order valence-corrected chi connectivity index (χ1v) is 12.3. The largest absolute Gasteiger partial charge is 0.460 e. The summed E-state index contributed by atoms with van der Waals surface area (Å²) in [5, 5.41) is 3.64. The molecule has 0 spiro atoms. The highest BCUT2D eigenvalue weighted by atomic mass is 16.6. The number of carbonyl (C=O) groups excluding carboxylic acids is 3. The Morgan fingerprint density at radius 2 is 1.79 bits per heavy atom. The van der Waals surface area contributed by atoms with E-state index < -0.39 is 29.5 Å². The van der Waals surface area contributed by atoms with E-state index in [4.69, 9.17) is 9.47 Å². The molecule has 1 aliphatic rings. The molecule has 2 amide bonds. The Morgan fingerprint density at radius 1 is 1.08 bits per heavy atom. The van der Waals surface area contributed by atoms with Gasteiger partial charge < -0.3 is 14.4 Å². The molecule has 2 aromatic carbocycles. The number of anilines is 1. The van der Waals surface area contributed by atoms with Crippen LogP contribution in [0.5, 0.6) is 0 Å². The first-order valence-electron chi connectivity index (χ1n) is 12.3. The zero-order valence-electron chi connectivity index (χ0n) is 21.5. The summed E-state index contributed by atoms with van der Waals surface area (Å²) >= 11 is 0. The number of nitrogens with zero attached hydrogens (tertiary/aromatic N) is 3. The zero-order chi connectivity index (χ0) is 27.3. The zero-order valence-corrected chi connectivity index (χ0v) is 21.5. The fourth-order valence-corrected chi connectivity index (χ4v) is 4.02. The molecule has 1 aromatic heterocycles. The van der Waals surface area contributed by atoms with Crippen LogP contribution >= 0.6 is 0 Å². The van der Waals surface area contributed by atoms with Gasteiger partial charge in [0.1, 0.15) is 5.60 Å². The molecule has 11 nitrogen and oxygen atoms in total. The summed E-state index contributed by atoms with van der Waals surface area (Å²) in [5.74, 6) is -1.19. The van der Waals surface area contributed by atoms with Gasteiger partial charge >= 0.3 is 17.8 Å². The van der Waals surface area contributed by atoms with Gasteiger partial charge in [0, 0.05) is 24.3 Å². The smallest absolute Gasteiger partial charge is 0.439 e. The van der Waals surface area contributed by atoms with Crippen LogP contribution in [0.25, 0.3) is 11.4 Å². The van der Waals surface area contributed by atoms with Crippen molar-refractivity contribution in [3.63, 3.8) is 0 Å². The fraction of sp³-hybridized carbons (Fsp3) is 0.370. The highest BCUT2D eigenvalue weighted by Gasteiger charge is 2.39. The number of cyclic esters (lactones) is 1. The van der Waals surface area contributed by atoms with Crippen LogP contribution in [0.2, 0.25) is 0 Å². The first kappa shape index (κ1) is 26.6. The lowest BCUT2D eigenvalue weighted by atomic mass is 10.1. The van der Waals surface area contributed by atoms with Crippen LogP contribution in [0.3, 0.4) is 0 Å². The van der Waals surface area contributed by atoms with Crippen LogP contribution in [0.1, 0.15) is 32.8 Å². The second-order valence-corrected chi connectivity index (χ2v) is 9.87. The molecule has 1 unspecified atom stereocenters. The molecule has 0 bridgehead atoms. The molecule has 38 heavy (non-hydrogen) atoms. The van der Waals surface area contributed by atoms with Gasteiger partial charge in [-0.05, 0) is 57.0 Å². The van der Waals surface area contributed by atoms with Gasteiger partial charge in [-0.1, -0.05) is 35.5 Å². The maximum absolute atomic E-state index is 13.4. The molecule has 3 aromatic rings. The second-order valence-electron chi connectivity index (χ2n) is 9.87. The summed E-state index contributed by atoms with van der Waals surface area (Å²) < 4.78 is 15.3. The number of carbonyl (C=O) groups is 3. The van der Waals surface area contributed by atoms with E-state index in [1.807, 2.05) is 30.3 Å². The van der Waals surface area contributed by atoms with E-state index in [0.29, 0.717) is 24.2 Å². The molecule has 0 radical (unpaired) electrons. The van der Waals surface area contributed by atoms with E-state index in [9.17, 15) is 19.2 Å². The number of amides is 2. The minimum absolute atomic E-state index is 0.0199. The lowest BCUT2D eigenvalue weighted by Crippen LogP contribution is -2.43. The van der Waals surface area contributed by atoms with Gasteiger partial charge in [-0.3, -0.25) is 24.0 Å². The van der Waals surface area contributed by atoms with Crippen LogP contribution in [0.15, 0.2) is 63.9 Å². The maximum Gasteiger partial charge on any atom is 0.439 e. The number of hydrogen-bond acceptors (Lipinski definition) is 8. The number of benzene rings is 2. The molecule has 1 saturated heterocycles. The van der Waals surface area contributed by atoms with Gasteiger partial charge in [-0.15, -0.1) is 0 Å². The molecular weight excluding hydrogens is 492 g/mol. The maximum atomic E-state index is 13.4. The standard InChI is InChI=1S/C27H30N4O7/c1-27(2,3)37-22(32)14-16-30(15-13-18-7-5-4-6-8-18)24(33)21-17-31(26(35)36-21)20-11-9-19(10-12-20)23-28-25(34)38-29-23/h4-12,21H,13-17H2,1-3H3,(H,28,29,34). The fourth-order valence-electron chi connectivity index (χ4n) is 4.02. The van der Waals surface area contributed by atoms with Crippen molar-refractivity contribution in [3.8, 4) is 11.4 Å². The normalized spacial score (nSPS) is 15.3. The third-order valence-electron chi connectivity index (χ3n) is 5.81. The summed E-state index contributed by atoms with van der Waals surface area (Å²) in [4.78, 5) is 55.0. The first-order chi connectivity index (χ1) is 18.1. The number of nitrogens with one attached hydrogen (secondary N) is 1. The van der Waals surface area contributed by atoms with Gasteiger partial charge in [0.2, 0.25) is 0 Å². The topological polar surface area (TPSA) is 135 Å². The third-order valence-corrected chi connectivity index (χ3v) is 5.81. The number of ether oxygens (including phenoxy) is 2. The van der Waals surface area contributed by atoms with Crippen molar-refractivity contribution < 1.29 is 28.4 Å². The Balaban J connectivity index is 1.43. The molecule has 1 aliphatic heterocycles. The average molecular weight is 523 g/mol. The average Bonchev–Trinajstić information content (AvgIpc) is 3.49. The number of esters is 1. The van der Waals surface area contributed by atoms with Crippen molar-refractivity contribution in [3.05, 3.63) is 70.7 Å². The molecule has 4 rings (SSSR count). The predicted molar refractivity (Wildman–Crippen MR) is 137 cm³/mol. The highest BCUT2D eigenvalue weighted by molar-refractivity contribution is 5.95. The Hall–Kier alpha value is -4.41. The van der Waals surface area contributed by atoms with Gasteiger partial charge in [-0.2, -0.15) is 0 Å². The van der Waals surface area contributed by atoms with Crippen molar-refractivity contribution in [2.75, 3.05) is 24.5 Å². The summed E-state index contributed by atoms with van der Waals surface area (Å²) in [5.41, 5.74) is 1.52. The molecule has 0 saturated carbocycles. The number of rotatable bonds is 9. The molecule has 0 aliphatic carbocycles. The van der Waals surface area contributed by atoms with E-state index in [1.54, 1.807) is 49.9 Å². The SMILES string of the molecule is CC(C)(C)OC(=O)CCN(CCc1ccccc1)C(=O)C1CN(c2ccc(-c3noc(=O)[nH]3)cc2)C(=O)O1. The van der Waals surface area contributed by atoms with E-state index >= 15 is 0 Å². The van der Waals surface area contributed by atoms with E-state index in [1.165, 1.54) is 4.90 Å². The summed E-state index contributed by atoms with van der Waals surface area (Å²) in [7, 11) is 0. The molecule has 1 fully saturated rings. The van der Waals surface area contributed by atoms with Crippen molar-refractivity contribution in [2.45, 2.75) is 45.3 Å². The highest BCUT2D eigenvalue weighted by Crippen LogP contribution is 2.25. The van der Waals surface area contributed by atoms with Crippen LogP contribution in [-0.4, -0.2) is 64.3 Å². The van der Waals surface area contributed by atoms with Crippen molar-refractivity contribution in [2.24, 2.45) is 0 Å². The Labute approximate surface area is 219 Å². The molecule has 200 valence electrons. The molecule has 2 heterocycles. The van der Waals surface area contributed by atoms with Crippen LogP contribution < -0.4 is 10.7 Å². The second kappa shape index (κ2) is 11.3. The van der Waals surface area contributed by atoms with Crippen molar-refractivity contribution in [1.29, 1.82) is 0 Å². The summed E-state index contributed by atoms with van der Waals surface area (Å²) in [6, 6.07) is 16.3. The Kier molecular flexibility index (Phi) is 7.94. The molecular formula is C27H30N4O7. The van der Waals surface area contributed by atoms with Crippen LogP contribution in [-0.2, 0) is 25.5 Å². The third kappa shape index (κ3) is 6.87. The van der Waals surface area contributed by atoms with E-state index in [-0.39, 0.29) is 31.2 Å². The minimum atomic E-state index is -1.02.